The lowest BCUT2D eigenvalue weighted by Crippen LogP contribution is -2.32. The van der Waals surface area contributed by atoms with Crippen molar-refractivity contribution < 1.29 is 19.1 Å². The van der Waals surface area contributed by atoms with Gasteiger partial charge in [0, 0.05) is 0 Å². The third-order valence-electron chi connectivity index (χ3n) is 2.59. The molecule has 0 saturated heterocycles. The van der Waals surface area contributed by atoms with Crippen LogP contribution in [0.4, 0.5) is 0 Å². The average molecular weight is 250 g/mol. The highest BCUT2D eigenvalue weighted by atomic mass is 16.5. The molecule has 1 aromatic rings. The molecule has 0 aliphatic heterocycles. The molecule has 0 amide bonds. The van der Waals surface area contributed by atoms with Crippen molar-refractivity contribution in [2.75, 3.05) is 13.7 Å². The number of Topliss-reactive ketones (excluding diaryl/α,β-unsaturated/α-hetero) is 1. The zero-order chi connectivity index (χ0) is 13.8. The van der Waals surface area contributed by atoms with E-state index in [4.69, 9.17) is 9.47 Å². The molecule has 0 unspecified atom stereocenters. The van der Waals surface area contributed by atoms with Crippen LogP contribution in [0.1, 0.15) is 31.1 Å². The highest BCUT2D eigenvalue weighted by molar-refractivity contribution is 5.96. The van der Waals surface area contributed by atoms with Gasteiger partial charge >= 0.3 is 5.97 Å². The van der Waals surface area contributed by atoms with Crippen LogP contribution >= 0.6 is 0 Å². The summed E-state index contributed by atoms with van der Waals surface area (Å²) in [5.74, 6) is 0.0752. The van der Waals surface area contributed by atoms with Crippen molar-refractivity contribution in [3.05, 3.63) is 29.8 Å². The molecule has 4 nitrogen and oxygen atoms in total. The van der Waals surface area contributed by atoms with Crippen LogP contribution in [0.2, 0.25) is 0 Å². The third kappa shape index (κ3) is 3.32. The van der Waals surface area contributed by atoms with E-state index in [0.717, 1.165) is 0 Å². The summed E-state index contributed by atoms with van der Waals surface area (Å²) < 4.78 is 10.3. The number of benzene rings is 1. The second-order valence-electron chi connectivity index (χ2n) is 4.72. The van der Waals surface area contributed by atoms with E-state index in [1.54, 1.807) is 38.1 Å². The molecule has 0 radical (unpaired) electrons. The van der Waals surface area contributed by atoms with E-state index in [-0.39, 0.29) is 18.4 Å². The number of carbonyl (C=O) groups is 2. The summed E-state index contributed by atoms with van der Waals surface area (Å²) in [5.41, 5.74) is -0.239. The zero-order valence-electron chi connectivity index (χ0n) is 11.1. The van der Waals surface area contributed by atoms with Crippen molar-refractivity contribution in [3.8, 4) is 5.75 Å². The highest BCUT2D eigenvalue weighted by Crippen LogP contribution is 2.23. The van der Waals surface area contributed by atoms with E-state index in [0.29, 0.717) is 11.3 Å². The van der Waals surface area contributed by atoms with Crippen molar-refractivity contribution in [1.29, 1.82) is 0 Å². The predicted molar refractivity (Wildman–Crippen MR) is 67.7 cm³/mol. The van der Waals surface area contributed by atoms with E-state index in [1.165, 1.54) is 14.0 Å². The number of ketones is 1. The first kappa shape index (κ1) is 14.2. The largest absolute Gasteiger partial charge is 0.492 e. The van der Waals surface area contributed by atoms with Crippen LogP contribution in [0.3, 0.4) is 0 Å². The minimum atomic E-state index is -0.751. The van der Waals surface area contributed by atoms with Gasteiger partial charge in [0.25, 0.3) is 0 Å². The van der Waals surface area contributed by atoms with Crippen molar-refractivity contribution in [2.24, 2.45) is 5.41 Å². The molecule has 18 heavy (non-hydrogen) atoms. The van der Waals surface area contributed by atoms with Gasteiger partial charge in [-0.05, 0) is 32.9 Å². The topological polar surface area (TPSA) is 52.6 Å². The Morgan fingerprint density at radius 2 is 1.83 bits per heavy atom. The minimum Gasteiger partial charge on any atom is -0.492 e. The SMILES string of the molecule is COC(=O)C(C)(C)COc1ccccc1C(C)=O. The Morgan fingerprint density at radius 1 is 1.22 bits per heavy atom. The highest BCUT2D eigenvalue weighted by Gasteiger charge is 2.30. The number of methoxy groups -OCH3 is 1. The Balaban J connectivity index is 2.81. The van der Waals surface area contributed by atoms with E-state index < -0.39 is 5.41 Å². The number of para-hydroxylation sites is 1. The fourth-order valence-electron chi connectivity index (χ4n) is 1.48. The molecule has 1 rings (SSSR count). The average Bonchev–Trinajstić information content (AvgIpc) is 2.35. The van der Waals surface area contributed by atoms with Crippen LogP contribution in [0, 0.1) is 5.41 Å². The molecule has 0 atom stereocenters. The lowest BCUT2D eigenvalue weighted by atomic mass is 9.95. The number of ether oxygens (including phenoxy) is 2. The molecule has 0 saturated carbocycles. The van der Waals surface area contributed by atoms with Crippen molar-refractivity contribution in [3.63, 3.8) is 0 Å². The summed E-state index contributed by atoms with van der Waals surface area (Å²) >= 11 is 0. The summed E-state index contributed by atoms with van der Waals surface area (Å²) in [6.07, 6.45) is 0. The number of esters is 1. The van der Waals surface area contributed by atoms with Crippen LogP contribution in [0.25, 0.3) is 0 Å². The Kier molecular flexibility index (Phi) is 4.48. The maximum atomic E-state index is 11.5. The van der Waals surface area contributed by atoms with E-state index >= 15 is 0 Å². The molecule has 0 heterocycles. The summed E-state index contributed by atoms with van der Waals surface area (Å²) in [5, 5.41) is 0. The van der Waals surface area contributed by atoms with E-state index in [9.17, 15) is 9.59 Å². The summed E-state index contributed by atoms with van der Waals surface area (Å²) in [7, 11) is 1.34. The van der Waals surface area contributed by atoms with Crippen LogP contribution in [-0.4, -0.2) is 25.5 Å². The normalized spacial score (nSPS) is 10.9. The van der Waals surface area contributed by atoms with E-state index in [2.05, 4.69) is 0 Å². The van der Waals surface area contributed by atoms with Crippen molar-refractivity contribution >= 4 is 11.8 Å². The predicted octanol–water partition coefficient (Wildman–Crippen LogP) is 2.47. The van der Waals surface area contributed by atoms with Crippen LogP contribution in [0.5, 0.6) is 5.75 Å². The van der Waals surface area contributed by atoms with Gasteiger partial charge in [-0.25, -0.2) is 0 Å². The van der Waals surface area contributed by atoms with Gasteiger partial charge in [-0.2, -0.15) is 0 Å². The fourth-order valence-corrected chi connectivity index (χ4v) is 1.48. The summed E-state index contributed by atoms with van der Waals surface area (Å²) in [6.45, 7) is 5.10. The molecular weight excluding hydrogens is 232 g/mol. The molecule has 0 N–H and O–H groups in total. The van der Waals surface area contributed by atoms with Gasteiger partial charge in [0.1, 0.15) is 12.4 Å². The van der Waals surface area contributed by atoms with Gasteiger partial charge in [-0.3, -0.25) is 9.59 Å². The maximum Gasteiger partial charge on any atom is 0.314 e. The molecule has 0 bridgehead atoms. The maximum absolute atomic E-state index is 11.5. The Bertz CT molecular complexity index is 449. The first-order valence-electron chi connectivity index (χ1n) is 5.69. The first-order valence-corrected chi connectivity index (χ1v) is 5.69. The molecule has 0 aromatic heterocycles. The fraction of sp³-hybridized carbons (Fsp3) is 0.429. The van der Waals surface area contributed by atoms with E-state index in [1.807, 2.05) is 0 Å². The van der Waals surface area contributed by atoms with Gasteiger partial charge in [0.2, 0.25) is 0 Å². The van der Waals surface area contributed by atoms with Gasteiger partial charge in [-0.15, -0.1) is 0 Å². The second-order valence-corrected chi connectivity index (χ2v) is 4.72. The smallest absolute Gasteiger partial charge is 0.314 e. The minimum absolute atomic E-state index is 0.0681. The number of hydrogen-bond donors (Lipinski definition) is 0. The molecule has 98 valence electrons. The van der Waals surface area contributed by atoms with Crippen molar-refractivity contribution in [2.45, 2.75) is 20.8 Å². The zero-order valence-corrected chi connectivity index (χ0v) is 11.1. The van der Waals surface area contributed by atoms with Gasteiger partial charge in [0.15, 0.2) is 5.78 Å². The first-order chi connectivity index (χ1) is 8.38. The Labute approximate surface area is 107 Å². The lowest BCUT2D eigenvalue weighted by molar-refractivity contribution is -0.152. The monoisotopic (exact) mass is 250 g/mol. The molecule has 4 heteroatoms. The van der Waals surface area contributed by atoms with Crippen molar-refractivity contribution in [1.82, 2.24) is 0 Å². The number of carbonyl (C=O) groups excluding carboxylic acids is 2. The quantitative estimate of drug-likeness (QED) is 0.595. The van der Waals surface area contributed by atoms with Gasteiger partial charge < -0.3 is 9.47 Å². The lowest BCUT2D eigenvalue weighted by Gasteiger charge is -2.22. The third-order valence-corrected chi connectivity index (χ3v) is 2.59. The Morgan fingerprint density at radius 3 is 2.39 bits per heavy atom. The van der Waals surface area contributed by atoms with Crippen LogP contribution in [-0.2, 0) is 9.53 Å². The molecule has 1 aromatic carbocycles. The molecule has 0 aliphatic rings. The molecule has 0 spiro atoms. The van der Waals surface area contributed by atoms with Crippen LogP contribution in [0.15, 0.2) is 24.3 Å². The summed E-state index contributed by atoms with van der Waals surface area (Å²) in [6, 6.07) is 6.97. The van der Waals surface area contributed by atoms with Crippen LogP contribution < -0.4 is 4.74 Å². The molecule has 0 fully saturated rings. The van der Waals surface area contributed by atoms with Gasteiger partial charge in [0.05, 0.1) is 18.1 Å². The molecule has 0 aliphatic carbocycles. The number of hydrogen-bond acceptors (Lipinski definition) is 4. The Hall–Kier alpha value is -1.84. The second kappa shape index (κ2) is 5.67. The standard InChI is InChI=1S/C14H18O4/c1-10(15)11-7-5-6-8-12(11)18-9-14(2,3)13(16)17-4/h5-8H,9H2,1-4H3. The van der Waals surface area contributed by atoms with Gasteiger partial charge in [-0.1, -0.05) is 12.1 Å². The summed E-state index contributed by atoms with van der Waals surface area (Å²) in [4.78, 5) is 22.9. The molecular formula is C14H18O4. The number of rotatable bonds is 5.